The first-order valence-corrected chi connectivity index (χ1v) is 10.1. The zero-order valence-electron chi connectivity index (χ0n) is 16.4. The van der Waals surface area contributed by atoms with Crippen LogP contribution in [0.3, 0.4) is 0 Å². The van der Waals surface area contributed by atoms with Crippen LogP contribution in [-0.4, -0.2) is 29.0 Å². The van der Waals surface area contributed by atoms with Crippen LogP contribution < -0.4 is 9.46 Å². The van der Waals surface area contributed by atoms with Gasteiger partial charge in [-0.3, -0.25) is 4.68 Å². The molecule has 0 spiro atoms. The standard InChI is InChI=1S/C19H22FN5O2S/c1-10(24-28(26)19(2,3)4)12-6-11(20)7-14-16(12)22-17-13-8-25(5)23-15(13)9-27-18(17)21-14/h6-8,10,24H,9H2,1-5H3/t10-,28?/m1/s1. The third-order valence-corrected chi connectivity index (χ3v) is 6.22. The van der Waals surface area contributed by atoms with Crippen LogP contribution in [0.5, 0.6) is 5.88 Å². The van der Waals surface area contributed by atoms with Gasteiger partial charge in [0.2, 0.25) is 5.88 Å². The second kappa shape index (κ2) is 6.68. The lowest BCUT2D eigenvalue weighted by Gasteiger charge is -2.27. The topological polar surface area (TPSA) is 87.9 Å². The highest BCUT2D eigenvalue weighted by molar-refractivity contribution is 7.90. The number of nitrogens with one attached hydrogen (secondary N) is 1. The second-order valence-corrected chi connectivity index (χ2v) is 9.91. The predicted molar refractivity (Wildman–Crippen MR) is 105 cm³/mol. The lowest BCUT2D eigenvalue weighted by atomic mass is 10.1. The van der Waals surface area contributed by atoms with Crippen LogP contribution in [0.15, 0.2) is 18.3 Å². The van der Waals surface area contributed by atoms with E-state index in [-0.39, 0.29) is 6.04 Å². The van der Waals surface area contributed by atoms with E-state index in [1.165, 1.54) is 12.1 Å². The molecule has 9 heteroatoms. The van der Waals surface area contributed by atoms with Crippen molar-refractivity contribution in [2.75, 3.05) is 0 Å². The molecule has 0 saturated carbocycles. The number of benzene rings is 1. The molecular formula is C19H22FN5O2S. The summed E-state index contributed by atoms with van der Waals surface area (Å²) in [5.41, 5.74) is 3.76. The zero-order valence-corrected chi connectivity index (χ0v) is 17.2. The highest BCUT2D eigenvalue weighted by atomic mass is 32.2. The number of hydrogen-bond acceptors (Lipinski definition) is 6. The van der Waals surface area contributed by atoms with Crippen LogP contribution in [0, 0.1) is 5.82 Å². The molecule has 1 N–H and O–H groups in total. The lowest BCUT2D eigenvalue weighted by Crippen LogP contribution is -2.40. The highest BCUT2D eigenvalue weighted by Crippen LogP contribution is 2.37. The molecule has 0 saturated heterocycles. The molecule has 3 aromatic rings. The largest absolute Gasteiger partial charge is 0.598 e. The van der Waals surface area contributed by atoms with Gasteiger partial charge in [0.25, 0.3) is 0 Å². The number of fused-ring (bicyclic) bond motifs is 4. The summed E-state index contributed by atoms with van der Waals surface area (Å²) in [6.07, 6.45) is 1.87. The van der Waals surface area contributed by atoms with Gasteiger partial charge in [0.15, 0.2) is 0 Å². The molecule has 1 aliphatic rings. The minimum atomic E-state index is -1.31. The van der Waals surface area contributed by atoms with Crippen LogP contribution in [0.2, 0.25) is 0 Å². The lowest BCUT2D eigenvalue weighted by molar-refractivity contribution is 0.284. The van der Waals surface area contributed by atoms with E-state index < -0.39 is 21.9 Å². The molecule has 148 valence electrons. The Labute approximate surface area is 165 Å². The van der Waals surface area contributed by atoms with Crippen molar-refractivity contribution in [3.63, 3.8) is 0 Å². The van der Waals surface area contributed by atoms with Gasteiger partial charge < -0.3 is 9.29 Å². The monoisotopic (exact) mass is 403 g/mol. The van der Waals surface area contributed by atoms with Crippen LogP contribution >= 0.6 is 0 Å². The molecule has 0 fully saturated rings. The van der Waals surface area contributed by atoms with E-state index in [1.807, 2.05) is 40.9 Å². The molecule has 3 heterocycles. The molecule has 1 aliphatic heterocycles. The van der Waals surface area contributed by atoms with E-state index in [9.17, 15) is 8.94 Å². The minimum absolute atomic E-state index is 0.300. The maximum absolute atomic E-state index is 14.3. The van der Waals surface area contributed by atoms with E-state index in [0.29, 0.717) is 34.8 Å². The molecular weight excluding hydrogens is 381 g/mol. The van der Waals surface area contributed by atoms with Gasteiger partial charge in [-0.2, -0.15) is 5.10 Å². The quantitative estimate of drug-likeness (QED) is 0.676. The first-order chi connectivity index (χ1) is 13.1. The van der Waals surface area contributed by atoms with Crippen molar-refractivity contribution in [3.8, 4) is 17.1 Å². The van der Waals surface area contributed by atoms with Gasteiger partial charge in [0.1, 0.15) is 28.6 Å². The van der Waals surface area contributed by atoms with Crippen LogP contribution in [0.1, 0.15) is 45.0 Å². The Kier molecular flexibility index (Phi) is 4.56. The van der Waals surface area contributed by atoms with E-state index in [1.54, 1.807) is 4.68 Å². The smallest absolute Gasteiger partial charge is 0.241 e. The maximum atomic E-state index is 14.3. The third kappa shape index (κ3) is 3.34. The first kappa shape index (κ1) is 19.1. The van der Waals surface area contributed by atoms with Gasteiger partial charge in [-0.1, -0.05) is 0 Å². The summed E-state index contributed by atoms with van der Waals surface area (Å²) < 4.78 is 36.8. The third-order valence-electron chi connectivity index (χ3n) is 4.54. The number of halogens is 1. The summed E-state index contributed by atoms with van der Waals surface area (Å²) in [4.78, 5) is 9.25. The maximum Gasteiger partial charge on any atom is 0.241 e. The fraction of sp³-hybridized carbons (Fsp3) is 0.421. The van der Waals surface area contributed by atoms with E-state index in [4.69, 9.17) is 9.72 Å². The fourth-order valence-corrected chi connectivity index (χ4v) is 3.92. The normalized spacial score (nSPS) is 15.7. The van der Waals surface area contributed by atoms with Crippen LogP contribution in [0.4, 0.5) is 4.39 Å². The average molecular weight is 403 g/mol. The Bertz CT molecular complexity index is 1060. The molecule has 2 atom stereocenters. The SMILES string of the molecule is C[C@@H](N[S+]([O-])C(C)(C)C)c1cc(F)cc2nc3c(nc12)-c1cn(C)nc1CO3. The summed E-state index contributed by atoms with van der Waals surface area (Å²) in [7, 11) is 1.83. The van der Waals surface area contributed by atoms with Crippen molar-refractivity contribution in [1.82, 2.24) is 24.5 Å². The Balaban J connectivity index is 1.84. The summed E-state index contributed by atoms with van der Waals surface area (Å²) in [6.45, 7) is 7.77. The van der Waals surface area contributed by atoms with Crippen molar-refractivity contribution >= 4 is 22.4 Å². The zero-order chi connectivity index (χ0) is 20.2. The van der Waals surface area contributed by atoms with Gasteiger partial charge in [-0.25, -0.2) is 14.4 Å². The number of aryl methyl sites for hydroxylation is 1. The highest BCUT2D eigenvalue weighted by Gasteiger charge is 2.30. The molecule has 1 unspecified atom stereocenters. The molecule has 28 heavy (non-hydrogen) atoms. The summed E-state index contributed by atoms with van der Waals surface area (Å²) in [5.74, 6) is -0.0618. The molecule has 7 nitrogen and oxygen atoms in total. The number of nitrogens with zero attached hydrogens (tertiary/aromatic N) is 4. The predicted octanol–water partition coefficient (Wildman–Crippen LogP) is 3.17. The van der Waals surface area contributed by atoms with E-state index in [2.05, 4.69) is 14.8 Å². The average Bonchev–Trinajstić information content (AvgIpc) is 2.99. The fourth-order valence-electron chi connectivity index (χ4n) is 3.12. The van der Waals surface area contributed by atoms with Crippen LogP contribution in [-0.2, 0) is 25.0 Å². The van der Waals surface area contributed by atoms with Crippen molar-refractivity contribution < 1.29 is 13.7 Å². The van der Waals surface area contributed by atoms with Gasteiger partial charge in [-0.05, 0) is 33.8 Å². The number of rotatable bonds is 3. The molecule has 0 bridgehead atoms. The van der Waals surface area contributed by atoms with Gasteiger partial charge in [0.05, 0.1) is 22.6 Å². The van der Waals surface area contributed by atoms with E-state index >= 15 is 0 Å². The van der Waals surface area contributed by atoms with Gasteiger partial charge >= 0.3 is 0 Å². The number of aromatic nitrogens is 4. The Morgan fingerprint density at radius 1 is 1.32 bits per heavy atom. The molecule has 0 aliphatic carbocycles. The molecule has 0 radical (unpaired) electrons. The second-order valence-electron chi connectivity index (χ2n) is 7.91. The van der Waals surface area contributed by atoms with E-state index in [0.717, 1.165) is 11.3 Å². The number of ether oxygens (including phenoxy) is 1. The number of hydrogen-bond donors (Lipinski definition) is 1. The Morgan fingerprint density at radius 3 is 2.79 bits per heavy atom. The van der Waals surface area contributed by atoms with Gasteiger partial charge in [-0.15, -0.1) is 4.72 Å². The van der Waals surface area contributed by atoms with Crippen molar-refractivity contribution in [1.29, 1.82) is 0 Å². The van der Waals surface area contributed by atoms with Crippen LogP contribution in [0.25, 0.3) is 22.3 Å². The molecule has 0 amide bonds. The summed E-state index contributed by atoms with van der Waals surface area (Å²) in [5, 5.41) is 4.38. The summed E-state index contributed by atoms with van der Waals surface area (Å²) in [6, 6.07) is 2.36. The molecule has 1 aromatic carbocycles. The molecule has 4 rings (SSSR count). The van der Waals surface area contributed by atoms with Crippen molar-refractivity contribution in [2.45, 2.75) is 45.1 Å². The van der Waals surface area contributed by atoms with Gasteiger partial charge in [0, 0.05) is 36.2 Å². The van der Waals surface area contributed by atoms with Crippen molar-refractivity contribution in [3.05, 3.63) is 35.4 Å². The molecule has 2 aromatic heterocycles. The Morgan fingerprint density at radius 2 is 2.07 bits per heavy atom. The summed E-state index contributed by atoms with van der Waals surface area (Å²) >= 11 is -1.31. The van der Waals surface area contributed by atoms with Crippen molar-refractivity contribution in [2.24, 2.45) is 7.05 Å². The first-order valence-electron chi connectivity index (χ1n) is 8.98. The Hall–Kier alpha value is -2.23. The minimum Gasteiger partial charge on any atom is -0.598 e.